The minimum absolute atomic E-state index is 0.240. The summed E-state index contributed by atoms with van der Waals surface area (Å²) in [6.45, 7) is 7.32. The van der Waals surface area contributed by atoms with Gasteiger partial charge in [0.2, 0.25) is 0 Å². The third-order valence-electron chi connectivity index (χ3n) is 5.40. The number of carbonyl (C=O) groups excluding carboxylic acids is 1. The van der Waals surface area contributed by atoms with Crippen LogP contribution in [0.3, 0.4) is 0 Å². The van der Waals surface area contributed by atoms with Crippen molar-refractivity contribution < 1.29 is 17.9 Å². The van der Waals surface area contributed by atoms with Gasteiger partial charge in [0.1, 0.15) is 11.0 Å². The van der Waals surface area contributed by atoms with Crippen LogP contribution in [-0.4, -0.2) is 68.9 Å². The molecule has 1 saturated heterocycles. The fourth-order valence-corrected chi connectivity index (χ4v) is 5.03. The number of rotatable bonds is 4. The Morgan fingerprint density at radius 3 is 2.43 bits per heavy atom. The first-order valence-corrected chi connectivity index (χ1v) is 11.5. The maximum absolute atomic E-state index is 12.3. The Balaban J connectivity index is 1.32. The Hall–Kier alpha value is -2.71. The summed E-state index contributed by atoms with van der Waals surface area (Å²) in [6.07, 6.45) is -0.240. The van der Waals surface area contributed by atoms with Crippen molar-refractivity contribution in [2.24, 2.45) is 4.40 Å². The van der Waals surface area contributed by atoms with Crippen LogP contribution in [0.25, 0.3) is 0 Å². The van der Waals surface area contributed by atoms with Crippen LogP contribution < -0.4 is 0 Å². The lowest BCUT2D eigenvalue weighted by Crippen LogP contribution is -2.50. The molecule has 0 amide bonds. The van der Waals surface area contributed by atoms with Crippen molar-refractivity contribution in [2.75, 3.05) is 32.7 Å². The van der Waals surface area contributed by atoms with Gasteiger partial charge in [-0.1, -0.05) is 29.8 Å². The molecule has 0 aliphatic carbocycles. The predicted octanol–water partition coefficient (Wildman–Crippen LogP) is 2.31. The van der Waals surface area contributed by atoms with Crippen LogP contribution in [-0.2, 0) is 14.8 Å². The molecule has 0 N–H and O–H groups in total. The molecule has 0 aromatic heterocycles. The van der Waals surface area contributed by atoms with E-state index in [2.05, 4.69) is 9.30 Å². The highest BCUT2D eigenvalue weighted by atomic mass is 32.2. The van der Waals surface area contributed by atoms with Gasteiger partial charge in [-0.2, -0.15) is 8.42 Å². The third-order valence-corrected chi connectivity index (χ3v) is 6.72. The van der Waals surface area contributed by atoms with Crippen LogP contribution in [0.4, 0.5) is 0 Å². The number of piperazine rings is 1. The summed E-state index contributed by atoms with van der Waals surface area (Å²) in [5.74, 6) is 0.215. The van der Waals surface area contributed by atoms with Crippen LogP contribution in [0.5, 0.6) is 0 Å². The molecule has 1 atom stereocenters. The van der Waals surface area contributed by atoms with E-state index < -0.39 is 10.0 Å². The second kappa shape index (κ2) is 8.20. The van der Waals surface area contributed by atoms with E-state index in [1.54, 1.807) is 30.3 Å². The number of nitrogens with zero attached hydrogens (tertiary/aromatic N) is 3. The molecule has 2 aromatic carbocycles. The van der Waals surface area contributed by atoms with E-state index in [9.17, 15) is 13.2 Å². The minimum Gasteiger partial charge on any atom is -0.458 e. The van der Waals surface area contributed by atoms with Gasteiger partial charge >= 0.3 is 5.97 Å². The van der Waals surface area contributed by atoms with Crippen LogP contribution in [0.2, 0.25) is 0 Å². The smallest absolute Gasteiger partial charge is 0.338 e. The van der Waals surface area contributed by atoms with Gasteiger partial charge in [-0.3, -0.25) is 4.90 Å². The number of ether oxygens (including phenoxy) is 1. The highest BCUT2D eigenvalue weighted by Crippen LogP contribution is 2.27. The predicted molar refractivity (Wildman–Crippen MR) is 114 cm³/mol. The van der Waals surface area contributed by atoms with Crippen molar-refractivity contribution in [3.63, 3.8) is 0 Å². The minimum atomic E-state index is -3.60. The highest BCUT2D eigenvalue weighted by Gasteiger charge is 2.33. The van der Waals surface area contributed by atoms with Crippen molar-refractivity contribution in [3.8, 4) is 0 Å². The van der Waals surface area contributed by atoms with Gasteiger partial charge in [-0.15, -0.1) is 4.40 Å². The summed E-state index contributed by atoms with van der Waals surface area (Å²) < 4.78 is 34.1. The number of hydrogen-bond acceptors (Lipinski definition) is 6. The standard InChI is InChI=1S/C22H25N3O4S/c1-16-7-9-18(10-8-16)22(26)29-17(2)15-24-11-13-25(14-12-24)21-19-5-3-4-6-20(19)30(27,28)23-21/h3-10,17H,11-15H2,1-2H3/t17-/m0/s1. The number of fused-ring (bicyclic) bond motifs is 1. The lowest BCUT2D eigenvalue weighted by Gasteiger charge is -2.36. The molecule has 0 spiro atoms. The Morgan fingerprint density at radius 2 is 1.73 bits per heavy atom. The molecule has 2 aromatic rings. The normalized spacial score (nSPS) is 19.1. The first-order chi connectivity index (χ1) is 14.3. The average Bonchev–Trinajstić information content (AvgIpc) is 3.00. The fraction of sp³-hybridized carbons (Fsp3) is 0.364. The number of esters is 1. The number of aryl methyl sites for hydroxylation is 1. The van der Waals surface area contributed by atoms with Crippen molar-refractivity contribution in [3.05, 3.63) is 65.2 Å². The number of amidine groups is 1. The first kappa shape index (κ1) is 20.6. The quantitative estimate of drug-likeness (QED) is 0.697. The average molecular weight is 428 g/mol. The lowest BCUT2D eigenvalue weighted by molar-refractivity contribution is 0.0221. The molecule has 0 bridgehead atoms. The maximum Gasteiger partial charge on any atom is 0.338 e. The molecule has 2 aliphatic rings. The number of hydrogen-bond donors (Lipinski definition) is 0. The molecule has 30 heavy (non-hydrogen) atoms. The molecular weight excluding hydrogens is 402 g/mol. The lowest BCUT2D eigenvalue weighted by atomic mass is 10.1. The largest absolute Gasteiger partial charge is 0.458 e. The second-order valence-corrected chi connectivity index (χ2v) is 9.33. The summed E-state index contributed by atoms with van der Waals surface area (Å²) in [7, 11) is -3.60. The van der Waals surface area contributed by atoms with Gasteiger partial charge in [0.25, 0.3) is 10.0 Å². The number of sulfonamides is 1. The molecule has 8 heteroatoms. The van der Waals surface area contributed by atoms with E-state index in [1.165, 1.54) is 0 Å². The van der Waals surface area contributed by atoms with Crippen molar-refractivity contribution in [1.82, 2.24) is 9.80 Å². The molecule has 158 valence electrons. The maximum atomic E-state index is 12.3. The van der Waals surface area contributed by atoms with Crippen molar-refractivity contribution in [2.45, 2.75) is 24.8 Å². The molecule has 2 heterocycles. The molecule has 1 fully saturated rings. The van der Waals surface area contributed by atoms with Crippen LogP contribution in [0, 0.1) is 6.92 Å². The monoisotopic (exact) mass is 427 g/mol. The second-order valence-electron chi connectivity index (χ2n) is 7.76. The van der Waals surface area contributed by atoms with E-state index in [-0.39, 0.29) is 17.0 Å². The highest BCUT2D eigenvalue weighted by molar-refractivity contribution is 7.90. The van der Waals surface area contributed by atoms with E-state index in [4.69, 9.17) is 4.74 Å². The Bertz CT molecular complexity index is 1070. The molecule has 7 nitrogen and oxygen atoms in total. The summed E-state index contributed by atoms with van der Waals surface area (Å²) in [4.78, 5) is 16.8. The summed E-state index contributed by atoms with van der Waals surface area (Å²) in [5, 5.41) is 0. The van der Waals surface area contributed by atoms with E-state index in [0.717, 1.165) is 18.7 Å². The zero-order chi connectivity index (χ0) is 21.3. The number of benzene rings is 2. The summed E-state index contributed by atoms with van der Waals surface area (Å²) in [5.41, 5.74) is 2.32. The van der Waals surface area contributed by atoms with E-state index >= 15 is 0 Å². The van der Waals surface area contributed by atoms with E-state index in [0.29, 0.717) is 36.6 Å². The van der Waals surface area contributed by atoms with Crippen molar-refractivity contribution in [1.29, 1.82) is 0 Å². The summed E-state index contributed by atoms with van der Waals surface area (Å²) >= 11 is 0. The topological polar surface area (TPSA) is 79.3 Å². The van der Waals surface area contributed by atoms with Gasteiger partial charge in [0, 0.05) is 38.3 Å². The van der Waals surface area contributed by atoms with Gasteiger partial charge in [0.05, 0.1) is 5.56 Å². The Morgan fingerprint density at radius 1 is 1.07 bits per heavy atom. The molecule has 0 saturated carbocycles. The number of carbonyl (C=O) groups is 1. The SMILES string of the molecule is Cc1ccc(C(=O)O[C@@H](C)CN2CCN(C3=NS(=O)(=O)c4ccccc43)CC2)cc1. The van der Waals surface area contributed by atoms with Gasteiger partial charge < -0.3 is 9.64 Å². The Labute approximate surface area is 177 Å². The van der Waals surface area contributed by atoms with E-state index in [1.807, 2.05) is 36.9 Å². The first-order valence-electron chi connectivity index (χ1n) is 10.0. The molecular formula is C22H25N3O4S. The summed E-state index contributed by atoms with van der Waals surface area (Å²) in [6, 6.07) is 14.3. The van der Waals surface area contributed by atoms with Gasteiger partial charge in [-0.25, -0.2) is 4.79 Å². The zero-order valence-corrected chi connectivity index (χ0v) is 17.9. The van der Waals surface area contributed by atoms with Crippen LogP contribution >= 0.6 is 0 Å². The Kier molecular flexibility index (Phi) is 5.62. The zero-order valence-electron chi connectivity index (χ0n) is 17.1. The van der Waals surface area contributed by atoms with Crippen LogP contribution in [0.15, 0.2) is 57.8 Å². The molecule has 0 unspecified atom stereocenters. The van der Waals surface area contributed by atoms with Gasteiger partial charge in [-0.05, 0) is 38.1 Å². The fourth-order valence-electron chi connectivity index (χ4n) is 3.80. The third kappa shape index (κ3) is 4.24. The molecule has 4 rings (SSSR count). The van der Waals surface area contributed by atoms with Gasteiger partial charge in [0.15, 0.2) is 5.84 Å². The van der Waals surface area contributed by atoms with Crippen molar-refractivity contribution >= 4 is 21.8 Å². The molecule has 0 radical (unpaired) electrons. The molecule has 2 aliphatic heterocycles. The van der Waals surface area contributed by atoms with Crippen LogP contribution in [0.1, 0.15) is 28.4 Å².